The average molecular weight is 208 g/mol. The fraction of sp³-hybridized carbons (Fsp3) is 0.692. The number of aryl methyl sites for hydroxylation is 1. The van der Waals surface area contributed by atoms with Crippen LogP contribution in [-0.4, -0.2) is 10.6 Å². The van der Waals surface area contributed by atoms with Gasteiger partial charge in [-0.25, -0.2) is 0 Å². The minimum absolute atomic E-state index is 0.253. The topological polar surface area (TPSA) is 30.9 Å². The van der Waals surface area contributed by atoms with Crippen LogP contribution in [-0.2, 0) is 13.0 Å². The zero-order valence-corrected chi connectivity index (χ0v) is 10.2. The molecule has 0 bridgehead atoms. The van der Waals surface area contributed by atoms with Gasteiger partial charge in [0, 0.05) is 30.9 Å². The van der Waals surface area contributed by atoms with Crippen LogP contribution in [0.3, 0.4) is 0 Å². The number of hydrogen-bond acceptors (Lipinski definition) is 1. The zero-order chi connectivity index (χ0) is 11.3. The van der Waals surface area contributed by atoms with Gasteiger partial charge >= 0.3 is 0 Å². The van der Waals surface area contributed by atoms with Crippen LogP contribution in [0, 0.1) is 5.92 Å². The minimum Gasteiger partial charge on any atom is -0.351 e. The third kappa shape index (κ3) is 4.52. The molecule has 0 aromatic carbocycles. The fourth-order valence-corrected chi connectivity index (χ4v) is 1.85. The van der Waals surface area contributed by atoms with E-state index in [1.54, 1.807) is 0 Å². The molecule has 1 aromatic rings. The van der Waals surface area contributed by atoms with Crippen molar-refractivity contribution in [1.82, 2.24) is 4.57 Å². The SMILES string of the molecule is CC(C)CCCn1cccc1CC(C)N. The van der Waals surface area contributed by atoms with Gasteiger partial charge in [-0.1, -0.05) is 13.8 Å². The van der Waals surface area contributed by atoms with Gasteiger partial charge in [-0.2, -0.15) is 0 Å². The van der Waals surface area contributed by atoms with Crippen molar-refractivity contribution in [2.24, 2.45) is 11.7 Å². The summed E-state index contributed by atoms with van der Waals surface area (Å²) in [7, 11) is 0. The highest BCUT2D eigenvalue weighted by molar-refractivity contribution is 5.08. The van der Waals surface area contributed by atoms with Gasteiger partial charge in [0.25, 0.3) is 0 Å². The van der Waals surface area contributed by atoms with Gasteiger partial charge < -0.3 is 10.3 Å². The Morgan fingerprint density at radius 1 is 1.33 bits per heavy atom. The highest BCUT2D eigenvalue weighted by atomic mass is 15.0. The summed E-state index contributed by atoms with van der Waals surface area (Å²) in [6, 6.07) is 4.55. The van der Waals surface area contributed by atoms with Gasteiger partial charge in [0.15, 0.2) is 0 Å². The van der Waals surface area contributed by atoms with Crippen molar-refractivity contribution < 1.29 is 0 Å². The summed E-state index contributed by atoms with van der Waals surface area (Å²) in [5.41, 5.74) is 7.19. The van der Waals surface area contributed by atoms with Crippen LogP contribution in [0.15, 0.2) is 18.3 Å². The fourth-order valence-electron chi connectivity index (χ4n) is 1.85. The summed E-state index contributed by atoms with van der Waals surface area (Å²) < 4.78 is 2.34. The number of nitrogens with two attached hydrogens (primary N) is 1. The van der Waals surface area contributed by atoms with Crippen LogP contribution < -0.4 is 5.73 Å². The van der Waals surface area contributed by atoms with Crippen LogP contribution in [0.4, 0.5) is 0 Å². The van der Waals surface area contributed by atoms with E-state index in [4.69, 9.17) is 5.73 Å². The maximum atomic E-state index is 5.82. The number of nitrogens with zero attached hydrogens (tertiary/aromatic N) is 1. The molecule has 0 saturated carbocycles. The summed E-state index contributed by atoms with van der Waals surface area (Å²) in [6.07, 6.45) is 5.71. The Kier molecular flexibility index (Phi) is 4.89. The second-order valence-electron chi connectivity index (χ2n) is 4.91. The first-order valence-electron chi connectivity index (χ1n) is 5.99. The molecule has 86 valence electrons. The van der Waals surface area contributed by atoms with Crippen molar-refractivity contribution in [2.45, 2.75) is 52.6 Å². The first kappa shape index (κ1) is 12.3. The van der Waals surface area contributed by atoms with Gasteiger partial charge in [0.1, 0.15) is 0 Å². The summed E-state index contributed by atoms with van der Waals surface area (Å²) in [5, 5.41) is 0. The molecule has 15 heavy (non-hydrogen) atoms. The lowest BCUT2D eigenvalue weighted by atomic mass is 10.1. The molecule has 1 aromatic heterocycles. The predicted molar refractivity (Wildman–Crippen MR) is 65.9 cm³/mol. The molecule has 0 spiro atoms. The molecule has 0 saturated heterocycles. The highest BCUT2D eigenvalue weighted by Gasteiger charge is 2.03. The number of rotatable bonds is 6. The highest BCUT2D eigenvalue weighted by Crippen LogP contribution is 2.09. The first-order chi connectivity index (χ1) is 7.09. The quantitative estimate of drug-likeness (QED) is 0.765. The summed E-state index contributed by atoms with van der Waals surface area (Å²) in [6.45, 7) is 7.75. The molecule has 1 heterocycles. The van der Waals surface area contributed by atoms with E-state index >= 15 is 0 Å². The maximum absolute atomic E-state index is 5.82. The molecule has 2 N–H and O–H groups in total. The third-order valence-electron chi connectivity index (χ3n) is 2.64. The van der Waals surface area contributed by atoms with E-state index in [0.29, 0.717) is 0 Å². The minimum atomic E-state index is 0.253. The zero-order valence-electron chi connectivity index (χ0n) is 10.2. The van der Waals surface area contributed by atoms with Crippen molar-refractivity contribution >= 4 is 0 Å². The molecule has 0 amide bonds. The van der Waals surface area contributed by atoms with E-state index in [-0.39, 0.29) is 6.04 Å². The van der Waals surface area contributed by atoms with Crippen LogP contribution in [0.2, 0.25) is 0 Å². The average Bonchev–Trinajstić information content (AvgIpc) is 2.51. The van der Waals surface area contributed by atoms with Gasteiger partial charge in [-0.15, -0.1) is 0 Å². The van der Waals surface area contributed by atoms with Gasteiger partial charge in [0.05, 0.1) is 0 Å². The lowest BCUT2D eigenvalue weighted by Gasteiger charge is -2.11. The Bertz CT molecular complexity index is 274. The third-order valence-corrected chi connectivity index (χ3v) is 2.64. The Morgan fingerprint density at radius 3 is 2.67 bits per heavy atom. The summed E-state index contributed by atoms with van der Waals surface area (Å²) in [4.78, 5) is 0. The molecule has 1 unspecified atom stereocenters. The lowest BCUT2D eigenvalue weighted by Crippen LogP contribution is -2.19. The molecule has 0 aliphatic heterocycles. The van der Waals surface area contributed by atoms with E-state index in [1.807, 2.05) is 0 Å². The number of hydrogen-bond donors (Lipinski definition) is 1. The molecule has 1 atom stereocenters. The molecular weight excluding hydrogens is 184 g/mol. The van der Waals surface area contributed by atoms with Crippen molar-refractivity contribution in [2.75, 3.05) is 0 Å². The van der Waals surface area contributed by atoms with Crippen LogP contribution in [0.1, 0.15) is 39.3 Å². The van der Waals surface area contributed by atoms with Crippen molar-refractivity contribution in [3.05, 3.63) is 24.0 Å². The number of aromatic nitrogens is 1. The van der Waals surface area contributed by atoms with Crippen molar-refractivity contribution in [1.29, 1.82) is 0 Å². The first-order valence-corrected chi connectivity index (χ1v) is 5.99. The Labute approximate surface area is 93.5 Å². The van der Waals surface area contributed by atoms with E-state index in [2.05, 4.69) is 43.7 Å². The monoisotopic (exact) mass is 208 g/mol. The lowest BCUT2D eigenvalue weighted by molar-refractivity contribution is 0.503. The maximum Gasteiger partial charge on any atom is 0.0222 e. The van der Waals surface area contributed by atoms with E-state index in [9.17, 15) is 0 Å². The second-order valence-corrected chi connectivity index (χ2v) is 4.91. The smallest absolute Gasteiger partial charge is 0.0222 e. The Hall–Kier alpha value is -0.760. The molecule has 0 aliphatic rings. The molecule has 0 aliphatic carbocycles. The Morgan fingerprint density at radius 2 is 2.07 bits per heavy atom. The van der Waals surface area contributed by atoms with Crippen LogP contribution in [0.5, 0.6) is 0 Å². The predicted octanol–water partition coefficient (Wildman–Crippen LogP) is 2.81. The van der Waals surface area contributed by atoms with E-state index in [1.165, 1.54) is 18.5 Å². The van der Waals surface area contributed by atoms with E-state index in [0.717, 1.165) is 18.9 Å². The summed E-state index contributed by atoms with van der Waals surface area (Å²) in [5.74, 6) is 0.803. The normalized spacial score (nSPS) is 13.4. The molecule has 0 radical (unpaired) electrons. The standard InChI is InChI=1S/C13H24N2/c1-11(2)6-4-8-15-9-5-7-13(15)10-12(3)14/h5,7,9,11-12H,4,6,8,10,14H2,1-3H3. The summed E-state index contributed by atoms with van der Waals surface area (Å²) >= 11 is 0. The van der Waals surface area contributed by atoms with Crippen LogP contribution in [0.25, 0.3) is 0 Å². The molecule has 0 fully saturated rings. The van der Waals surface area contributed by atoms with Crippen LogP contribution >= 0.6 is 0 Å². The van der Waals surface area contributed by atoms with Crippen molar-refractivity contribution in [3.8, 4) is 0 Å². The van der Waals surface area contributed by atoms with E-state index < -0.39 is 0 Å². The molecular formula is C13H24N2. The Balaban J connectivity index is 2.43. The molecule has 2 nitrogen and oxygen atoms in total. The molecule has 2 heteroatoms. The second kappa shape index (κ2) is 5.96. The van der Waals surface area contributed by atoms with Gasteiger partial charge in [0.2, 0.25) is 0 Å². The van der Waals surface area contributed by atoms with Gasteiger partial charge in [-0.3, -0.25) is 0 Å². The van der Waals surface area contributed by atoms with Gasteiger partial charge in [-0.05, 0) is 37.8 Å². The van der Waals surface area contributed by atoms with Crippen molar-refractivity contribution in [3.63, 3.8) is 0 Å². The largest absolute Gasteiger partial charge is 0.351 e. The molecule has 1 rings (SSSR count).